The predicted octanol–water partition coefficient (Wildman–Crippen LogP) is 1.65. The van der Waals surface area contributed by atoms with Crippen LogP contribution in [-0.2, 0) is 20.0 Å². The van der Waals surface area contributed by atoms with Gasteiger partial charge in [-0.3, -0.25) is 4.68 Å². The highest BCUT2D eigenvalue weighted by atomic mass is 16.4. The number of nitrogen functional groups attached to an aromatic ring is 1. The summed E-state index contributed by atoms with van der Waals surface area (Å²) in [6, 6.07) is 5.90. The molecule has 1 aliphatic heterocycles. The number of rotatable bonds is 3. The van der Waals surface area contributed by atoms with Gasteiger partial charge in [0.25, 0.3) is 0 Å². The molecule has 0 fully saturated rings. The summed E-state index contributed by atoms with van der Waals surface area (Å²) in [6.45, 7) is 1.44. The van der Waals surface area contributed by atoms with E-state index in [1.165, 1.54) is 11.8 Å². The predicted molar refractivity (Wildman–Crippen MR) is 80.4 cm³/mol. The lowest BCUT2D eigenvalue weighted by atomic mass is 10.0. The van der Waals surface area contributed by atoms with Crippen molar-refractivity contribution in [1.82, 2.24) is 9.78 Å². The Morgan fingerprint density at radius 1 is 1.48 bits per heavy atom. The molecule has 0 amide bonds. The average molecular weight is 286 g/mol. The standard InChI is InChI=1S/C15H18N4O2/c1-18-14(12(8-17-18)15(20)21)9-19-6-2-3-10-7-11(16)4-5-13(10)19/h4-5,7-8H,2-3,6,9,16H2,1H3,(H,20,21). The number of fused-ring (bicyclic) bond motifs is 1. The van der Waals surface area contributed by atoms with E-state index < -0.39 is 5.97 Å². The first-order valence-corrected chi connectivity index (χ1v) is 6.94. The molecule has 0 radical (unpaired) electrons. The summed E-state index contributed by atoms with van der Waals surface area (Å²) in [5, 5.41) is 13.3. The van der Waals surface area contributed by atoms with Crippen LogP contribution in [0.15, 0.2) is 24.4 Å². The molecule has 0 unspecified atom stereocenters. The first kappa shape index (κ1) is 13.5. The highest BCUT2D eigenvalue weighted by Crippen LogP contribution is 2.30. The SMILES string of the molecule is Cn1ncc(C(=O)O)c1CN1CCCc2cc(N)ccc21. The molecule has 2 aromatic rings. The Morgan fingerprint density at radius 3 is 3.05 bits per heavy atom. The Bertz CT molecular complexity index is 693. The summed E-state index contributed by atoms with van der Waals surface area (Å²) >= 11 is 0. The van der Waals surface area contributed by atoms with E-state index in [-0.39, 0.29) is 5.56 Å². The number of benzene rings is 1. The largest absolute Gasteiger partial charge is 0.478 e. The van der Waals surface area contributed by atoms with Crippen molar-refractivity contribution >= 4 is 17.3 Å². The lowest BCUT2D eigenvalue weighted by molar-refractivity contribution is 0.0695. The maximum absolute atomic E-state index is 11.3. The number of nitrogens with zero attached hydrogens (tertiary/aromatic N) is 3. The van der Waals surface area contributed by atoms with Crippen molar-refractivity contribution in [2.75, 3.05) is 17.2 Å². The number of aromatic carboxylic acids is 1. The fourth-order valence-corrected chi connectivity index (χ4v) is 2.87. The number of aromatic nitrogens is 2. The molecule has 2 heterocycles. The van der Waals surface area contributed by atoms with Crippen LogP contribution in [-0.4, -0.2) is 27.4 Å². The van der Waals surface area contributed by atoms with E-state index in [0.29, 0.717) is 12.2 Å². The molecule has 3 rings (SSSR count). The highest BCUT2D eigenvalue weighted by Gasteiger charge is 2.22. The van der Waals surface area contributed by atoms with Gasteiger partial charge in [-0.05, 0) is 36.6 Å². The first-order chi connectivity index (χ1) is 10.1. The normalized spacial score (nSPS) is 14.0. The van der Waals surface area contributed by atoms with Gasteiger partial charge < -0.3 is 15.7 Å². The number of hydrogen-bond acceptors (Lipinski definition) is 4. The van der Waals surface area contributed by atoms with Crippen molar-refractivity contribution in [1.29, 1.82) is 0 Å². The molecule has 0 spiro atoms. The second-order valence-corrected chi connectivity index (χ2v) is 5.35. The molecular weight excluding hydrogens is 268 g/mol. The summed E-state index contributed by atoms with van der Waals surface area (Å²) in [5.41, 5.74) is 9.94. The van der Waals surface area contributed by atoms with Gasteiger partial charge in [0.1, 0.15) is 5.56 Å². The summed E-state index contributed by atoms with van der Waals surface area (Å²) in [7, 11) is 1.77. The topological polar surface area (TPSA) is 84.4 Å². The molecule has 1 aromatic heterocycles. The number of hydrogen-bond donors (Lipinski definition) is 2. The van der Waals surface area contributed by atoms with E-state index in [2.05, 4.69) is 10.00 Å². The fourth-order valence-electron chi connectivity index (χ4n) is 2.87. The third-order valence-corrected chi connectivity index (χ3v) is 3.95. The van der Waals surface area contributed by atoms with E-state index in [1.54, 1.807) is 11.7 Å². The number of carboxylic acids is 1. The maximum atomic E-state index is 11.3. The van der Waals surface area contributed by atoms with Crippen molar-refractivity contribution in [3.63, 3.8) is 0 Å². The molecule has 0 saturated carbocycles. The smallest absolute Gasteiger partial charge is 0.339 e. The van der Waals surface area contributed by atoms with E-state index in [9.17, 15) is 9.90 Å². The number of aryl methyl sites for hydroxylation is 2. The van der Waals surface area contributed by atoms with Crippen molar-refractivity contribution in [3.8, 4) is 0 Å². The maximum Gasteiger partial charge on any atom is 0.339 e. The minimum atomic E-state index is -0.937. The lowest BCUT2D eigenvalue weighted by Gasteiger charge is -2.31. The van der Waals surface area contributed by atoms with E-state index >= 15 is 0 Å². The molecule has 1 aromatic carbocycles. The third kappa shape index (κ3) is 2.44. The zero-order valence-electron chi connectivity index (χ0n) is 11.9. The fraction of sp³-hybridized carbons (Fsp3) is 0.333. The van der Waals surface area contributed by atoms with Crippen LogP contribution in [0.1, 0.15) is 28.0 Å². The minimum Gasteiger partial charge on any atom is -0.478 e. The zero-order valence-corrected chi connectivity index (χ0v) is 11.9. The van der Waals surface area contributed by atoms with Gasteiger partial charge >= 0.3 is 5.97 Å². The van der Waals surface area contributed by atoms with Gasteiger partial charge in [-0.15, -0.1) is 0 Å². The first-order valence-electron chi connectivity index (χ1n) is 6.94. The van der Waals surface area contributed by atoms with Crippen LogP contribution in [0.2, 0.25) is 0 Å². The van der Waals surface area contributed by atoms with Gasteiger partial charge in [0.05, 0.1) is 18.4 Å². The second kappa shape index (κ2) is 5.12. The van der Waals surface area contributed by atoms with Gasteiger partial charge in [0.2, 0.25) is 0 Å². The summed E-state index contributed by atoms with van der Waals surface area (Å²) in [5.74, 6) is -0.937. The Balaban J connectivity index is 1.94. The zero-order chi connectivity index (χ0) is 15.0. The van der Waals surface area contributed by atoms with Gasteiger partial charge in [-0.25, -0.2) is 4.79 Å². The molecule has 0 saturated heterocycles. The van der Waals surface area contributed by atoms with Crippen LogP contribution in [0, 0.1) is 0 Å². The molecule has 0 aliphatic carbocycles. The molecule has 0 atom stereocenters. The summed E-state index contributed by atoms with van der Waals surface area (Å²) in [4.78, 5) is 13.5. The molecule has 110 valence electrons. The lowest BCUT2D eigenvalue weighted by Crippen LogP contribution is -2.30. The monoisotopic (exact) mass is 286 g/mol. The third-order valence-electron chi connectivity index (χ3n) is 3.95. The Labute approximate surface area is 122 Å². The molecule has 1 aliphatic rings. The van der Waals surface area contributed by atoms with Crippen molar-refractivity contribution in [2.45, 2.75) is 19.4 Å². The minimum absolute atomic E-state index is 0.264. The van der Waals surface area contributed by atoms with Crippen LogP contribution in [0.25, 0.3) is 0 Å². The van der Waals surface area contributed by atoms with Crippen molar-refractivity contribution < 1.29 is 9.90 Å². The van der Waals surface area contributed by atoms with Gasteiger partial charge in [-0.1, -0.05) is 0 Å². The van der Waals surface area contributed by atoms with Crippen LogP contribution in [0.4, 0.5) is 11.4 Å². The Hall–Kier alpha value is -2.50. The van der Waals surface area contributed by atoms with Crippen molar-refractivity contribution in [2.24, 2.45) is 7.05 Å². The molecule has 21 heavy (non-hydrogen) atoms. The average Bonchev–Trinajstić information content (AvgIpc) is 2.80. The van der Waals surface area contributed by atoms with Crippen LogP contribution >= 0.6 is 0 Å². The Kier molecular flexibility index (Phi) is 3.29. The van der Waals surface area contributed by atoms with Crippen molar-refractivity contribution in [3.05, 3.63) is 41.2 Å². The molecule has 3 N–H and O–H groups in total. The van der Waals surface area contributed by atoms with Crippen LogP contribution in [0.5, 0.6) is 0 Å². The number of carbonyl (C=O) groups is 1. The summed E-state index contributed by atoms with van der Waals surface area (Å²) in [6.07, 6.45) is 3.45. The van der Waals surface area contributed by atoms with E-state index in [0.717, 1.165) is 30.8 Å². The molecule has 0 bridgehead atoms. The van der Waals surface area contributed by atoms with Crippen LogP contribution in [0.3, 0.4) is 0 Å². The van der Waals surface area contributed by atoms with Gasteiger partial charge in [0, 0.05) is 25.0 Å². The summed E-state index contributed by atoms with van der Waals surface area (Å²) < 4.78 is 1.63. The Morgan fingerprint density at radius 2 is 2.29 bits per heavy atom. The van der Waals surface area contributed by atoms with Gasteiger partial charge in [-0.2, -0.15) is 5.10 Å². The van der Waals surface area contributed by atoms with E-state index in [1.807, 2.05) is 18.2 Å². The number of anilines is 2. The molecule has 6 heteroatoms. The second-order valence-electron chi connectivity index (χ2n) is 5.35. The number of nitrogens with two attached hydrogens (primary N) is 1. The van der Waals surface area contributed by atoms with E-state index in [4.69, 9.17) is 5.73 Å². The highest BCUT2D eigenvalue weighted by molar-refractivity contribution is 5.88. The quantitative estimate of drug-likeness (QED) is 0.838. The number of carboxylic acid groups (broad SMARTS) is 1. The van der Waals surface area contributed by atoms with Crippen LogP contribution < -0.4 is 10.6 Å². The molecular formula is C15H18N4O2. The molecule has 6 nitrogen and oxygen atoms in total. The van der Waals surface area contributed by atoms with Gasteiger partial charge in [0.15, 0.2) is 0 Å².